The number of ether oxygens (including phenoxy) is 1. The van der Waals surface area contributed by atoms with Gasteiger partial charge in [0.25, 0.3) is 0 Å². The number of nitrogens with zero attached hydrogens (tertiary/aromatic N) is 1. The fraction of sp³-hybridized carbons (Fsp3) is 0.154. The van der Waals surface area contributed by atoms with Crippen LogP contribution >= 0.6 is 11.6 Å². The number of aromatic nitrogens is 1. The number of hydrogen-bond acceptors (Lipinski definition) is 3. The van der Waals surface area contributed by atoms with Gasteiger partial charge in [-0.2, -0.15) is 13.2 Å². The molecule has 0 aliphatic heterocycles. The molecule has 0 radical (unpaired) electrons. The van der Waals surface area contributed by atoms with Crippen molar-refractivity contribution < 1.29 is 22.3 Å². The lowest BCUT2D eigenvalue weighted by Crippen LogP contribution is -2.08. The molecule has 1 heterocycles. The lowest BCUT2D eigenvalue weighted by molar-refractivity contribution is -0.140. The summed E-state index contributed by atoms with van der Waals surface area (Å²) in [6.07, 6.45) is -4.81. The van der Waals surface area contributed by atoms with Gasteiger partial charge in [0, 0.05) is 12.6 Å². The molecule has 0 saturated heterocycles. The molecule has 0 unspecified atom stereocenters. The highest BCUT2D eigenvalue weighted by molar-refractivity contribution is 6.31. The van der Waals surface area contributed by atoms with Crippen LogP contribution in [0.1, 0.15) is 11.3 Å². The largest absolute Gasteiger partial charge is 0.439 e. The summed E-state index contributed by atoms with van der Waals surface area (Å²) in [5.74, 6) is -1.55. The van der Waals surface area contributed by atoms with Gasteiger partial charge in [-0.15, -0.1) is 0 Å². The average molecular weight is 321 g/mol. The molecule has 0 saturated carbocycles. The van der Waals surface area contributed by atoms with Gasteiger partial charge < -0.3 is 10.5 Å². The maximum Gasteiger partial charge on any atom is 0.419 e. The Morgan fingerprint density at radius 1 is 1.19 bits per heavy atom. The topological polar surface area (TPSA) is 48.1 Å². The molecule has 21 heavy (non-hydrogen) atoms. The first-order chi connectivity index (χ1) is 9.81. The summed E-state index contributed by atoms with van der Waals surface area (Å²) in [7, 11) is 0. The number of hydrogen-bond donors (Lipinski definition) is 1. The average Bonchev–Trinajstić information content (AvgIpc) is 2.42. The molecule has 0 atom stereocenters. The van der Waals surface area contributed by atoms with E-state index in [0.29, 0.717) is 22.8 Å². The van der Waals surface area contributed by atoms with Crippen molar-refractivity contribution >= 4 is 11.6 Å². The highest BCUT2D eigenvalue weighted by Gasteiger charge is 2.34. The molecule has 0 spiro atoms. The lowest BCUT2D eigenvalue weighted by Gasteiger charge is -2.11. The van der Waals surface area contributed by atoms with E-state index in [0.717, 1.165) is 6.07 Å². The second kappa shape index (κ2) is 5.87. The molecule has 0 fully saturated rings. The smallest absolute Gasteiger partial charge is 0.419 e. The third-order valence-electron chi connectivity index (χ3n) is 2.55. The van der Waals surface area contributed by atoms with Crippen LogP contribution in [0.25, 0.3) is 0 Å². The predicted octanol–water partition coefficient (Wildman–Crippen LogP) is 4.14. The number of pyridine rings is 1. The van der Waals surface area contributed by atoms with Crippen molar-refractivity contribution in [3.63, 3.8) is 0 Å². The van der Waals surface area contributed by atoms with Crippen LogP contribution in [-0.2, 0) is 12.7 Å². The van der Waals surface area contributed by atoms with Crippen molar-refractivity contribution in [2.24, 2.45) is 5.73 Å². The SMILES string of the molecule is NCc1nc(Oc2ccc(F)c(C(F)(F)F)c2)ccc1Cl. The summed E-state index contributed by atoms with van der Waals surface area (Å²) in [5, 5.41) is 0.319. The zero-order valence-corrected chi connectivity index (χ0v) is 11.2. The molecule has 1 aromatic carbocycles. The van der Waals surface area contributed by atoms with Gasteiger partial charge in [-0.25, -0.2) is 9.37 Å². The quantitative estimate of drug-likeness (QED) is 0.864. The summed E-state index contributed by atoms with van der Waals surface area (Å²) >= 11 is 5.81. The molecule has 112 valence electrons. The molecular weight excluding hydrogens is 312 g/mol. The van der Waals surface area contributed by atoms with Crippen LogP contribution in [0.2, 0.25) is 5.02 Å². The fourth-order valence-electron chi connectivity index (χ4n) is 1.57. The molecular formula is C13H9ClF4N2O. The highest BCUT2D eigenvalue weighted by Crippen LogP contribution is 2.34. The van der Waals surface area contributed by atoms with E-state index in [-0.39, 0.29) is 18.2 Å². The summed E-state index contributed by atoms with van der Waals surface area (Å²) in [5.41, 5.74) is 4.34. The summed E-state index contributed by atoms with van der Waals surface area (Å²) in [6.45, 7) is 0.0489. The second-order valence-electron chi connectivity index (χ2n) is 4.02. The summed E-state index contributed by atoms with van der Waals surface area (Å²) in [4.78, 5) is 3.95. The van der Waals surface area contributed by atoms with Crippen LogP contribution in [0.15, 0.2) is 30.3 Å². The Morgan fingerprint density at radius 2 is 1.90 bits per heavy atom. The van der Waals surface area contributed by atoms with Gasteiger partial charge in [-0.3, -0.25) is 0 Å². The number of rotatable bonds is 3. The highest BCUT2D eigenvalue weighted by atomic mass is 35.5. The molecule has 0 bridgehead atoms. The van der Waals surface area contributed by atoms with Crippen molar-refractivity contribution in [1.82, 2.24) is 4.98 Å². The Labute approximate surface area is 122 Å². The maximum atomic E-state index is 13.2. The predicted molar refractivity (Wildman–Crippen MR) is 68.6 cm³/mol. The number of halogens is 5. The second-order valence-corrected chi connectivity index (χ2v) is 4.43. The first-order valence-corrected chi connectivity index (χ1v) is 6.09. The monoisotopic (exact) mass is 320 g/mol. The minimum absolute atomic E-state index is 0.0135. The summed E-state index contributed by atoms with van der Waals surface area (Å²) < 4.78 is 56.1. The Kier molecular flexibility index (Phi) is 4.34. The van der Waals surface area contributed by atoms with Crippen molar-refractivity contribution in [2.75, 3.05) is 0 Å². The molecule has 2 aromatic rings. The number of benzene rings is 1. The molecule has 8 heteroatoms. The Hall–Kier alpha value is -1.86. The fourth-order valence-corrected chi connectivity index (χ4v) is 1.75. The first-order valence-electron chi connectivity index (χ1n) is 5.71. The molecule has 0 aliphatic rings. The van der Waals surface area contributed by atoms with Crippen LogP contribution in [0, 0.1) is 5.82 Å². The van der Waals surface area contributed by atoms with E-state index in [9.17, 15) is 17.6 Å². The van der Waals surface area contributed by atoms with Gasteiger partial charge in [0.05, 0.1) is 16.3 Å². The van der Waals surface area contributed by atoms with Crippen LogP contribution < -0.4 is 10.5 Å². The molecule has 2 rings (SSSR count). The van der Waals surface area contributed by atoms with Gasteiger partial charge in [0.2, 0.25) is 5.88 Å². The number of nitrogens with two attached hydrogens (primary N) is 1. The Bertz CT molecular complexity index is 661. The van der Waals surface area contributed by atoms with Crippen molar-refractivity contribution in [2.45, 2.75) is 12.7 Å². The van der Waals surface area contributed by atoms with E-state index >= 15 is 0 Å². The minimum atomic E-state index is -4.81. The van der Waals surface area contributed by atoms with Crippen molar-refractivity contribution in [3.05, 3.63) is 52.4 Å². The Balaban J connectivity index is 2.32. The van der Waals surface area contributed by atoms with Crippen molar-refractivity contribution in [3.8, 4) is 11.6 Å². The van der Waals surface area contributed by atoms with Gasteiger partial charge >= 0.3 is 6.18 Å². The van der Waals surface area contributed by atoms with Gasteiger partial charge in [-0.1, -0.05) is 11.6 Å². The molecule has 0 amide bonds. The zero-order valence-electron chi connectivity index (χ0n) is 10.4. The van der Waals surface area contributed by atoms with E-state index in [2.05, 4.69) is 4.98 Å². The first kappa shape index (κ1) is 15.5. The summed E-state index contributed by atoms with van der Waals surface area (Å²) in [6, 6.07) is 5.15. The molecule has 2 N–H and O–H groups in total. The van der Waals surface area contributed by atoms with Crippen LogP contribution in [0.5, 0.6) is 11.6 Å². The Morgan fingerprint density at radius 3 is 2.52 bits per heavy atom. The number of alkyl halides is 3. The third kappa shape index (κ3) is 3.62. The molecule has 0 aliphatic carbocycles. The van der Waals surface area contributed by atoms with Crippen LogP contribution in [0.3, 0.4) is 0 Å². The zero-order chi connectivity index (χ0) is 15.6. The van der Waals surface area contributed by atoms with Crippen molar-refractivity contribution in [1.29, 1.82) is 0 Å². The lowest BCUT2D eigenvalue weighted by atomic mass is 10.2. The normalized spacial score (nSPS) is 11.5. The minimum Gasteiger partial charge on any atom is -0.439 e. The third-order valence-corrected chi connectivity index (χ3v) is 2.90. The van der Waals surface area contributed by atoms with Crippen LogP contribution in [0.4, 0.5) is 17.6 Å². The molecule has 3 nitrogen and oxygen atoms in total. The molecule has 1 aromatic heterocycles. The van der Waals surface area contributed by atoms with E-state index < -0.39 is 17.6 Å². The van der Waals surface area contributed by atoms with Gasteiger partial charge in [-0.05, 0) is 24.3 Å². The van der Waals surface area contributed by atoms with Gasteiger partial charge in [0.1, 0.15) is 11.6 Å². The van der Waals surface area contributed by atoms with E-state index in [1.165, 1.54) is 12.1 Å². The standard InChI is InChI=1S/C13H9ClF4N2O/c14-9-2-4-12(20-11(9)6-19)21-7-1-3-10(15)8(5-7)13(16,17)18/h1-5H,6,19H2. The van der Waals surface area contributed by atoms with Crippen LogP contribution in [-0.4, -0.2) is 4.98 Å². The van der Waals surface area contributed by atoms with E-state index in [4.69, 9.17) is 22.1 Å². The van der Waals surface area contributed by atoms with E-state index in [1.807, 2.05) is 0 Å². The maximum absolute atomic E-state index is 13.2. The van der Waals surface area contributed by atoms with Gasteiger partial charge in [0.15, 0.2) is 0 Å². The van der Waals surface area contributed by atoms with E-state index in [1.54, 1.807) is 0 Å².